The highest BCUT2D eigenvalue weighted by molar-refractivity contribution is 6.95. The number of nitrogens with zero attached hydrogens (tertiary/aromatic N) is 2. The molecule has 0 saturated carbocycles. The molecule has 0 aliphatic carbocycles. The lowest BCUT2D eigenvalue weighted by Gasteiger charge is -2.37. The molecule has 0 atom stereocenters. The second-order valence-electron chi connectivity index (χ2n) is 12.0. The molecule has 0 aliphatic rings. The highest BCUT2D eigenvalue weighted by Gasteiger charge is 2.36. The number of imidazole rings is 1. The van der Waals surface area contributed by atoms with Gasteiger partial charge in [-0.2, -0.15) is 0 Å². The van der Waals surface area contributed by atoms with Gasteiger partial charge in [0, 0.05) is 12.4 Å². The number of hydrogen-bond donors (Lipinski definition) is 0. The van der Waals surface area contributed by atoms with E-state index in [2.05, 4.69) is 199 Å². The lowest BCUT2D eigenvalue weighted by Crippen LogP contribution is -2.51. The van der Waals surface area contributed by atoms with E-state index in [4.69, 9.17) is 0 Å². The molecule has 47 heavy (non-hydrogen) atoms. The van der Waals surface area contributed by atoms with Crippen molar-refractivity contribution in [2.75, 3.05) is 0 Å². The Hall–Kier alpha value is -5.19. The van der Waals surface area contributed by atoms with Gasteiger partial charge < -0.3 is 4.57 Å². The van der Waals surface area contributed by atoms with Crippen molar-refractivity contribution in [2.24, 2.45) is 0 Å². The topological polar surface area (TPSA) is 17.8 Å². The Bertz CT molecular complexity index is 1750. The molecule has 0 bridgehead atoms. The second-order valence-corrected chi connectivity index (χ2v) is 14.2. The van der Waals surface area contributed by atoms with Crippen molar-refractivity contribution in [3.05, 3.63) is 211 Å². The highest BCUT2D eigenvalue weighted by atomic mass is 28.2. The second kappa shape index (κ2) is 15.9. The van der Waals surface area contributed by atoms with Crippen LogP contribution in [0.25, 0.3) is 0 Å². The lowest BCUT2D eigenvalue weighted by atomic mass is 9.37. The average Bonchev–Trinajstić information content (AvgIpc) is 3.70. The van der Waals surface area contributed by atoms with Crippen molar-refractivity contribution in [1.82, 2.24) is 9.55 Å². The first-order chi connectivity index (χ1) is 23.3. The van der Waals surface area contributed by atoms with E-state index in [0.29, 0.717) is 6.71 Å². The summed E-state index contributed by atoms with van der Waals surface area (Å²) < 4.78 is 2.31. The van der Waals surface area contributed by atoms with Crippen LogP contribution in [-0.2, 0) is 11.6 Å². The molecule has 4 heteroatoms. The van der Waals surface area contributed by atoms with Gasteiger partial charge in [-0.15, -0.1) is 0 Å². The van der Waals surface area contributed by atoms with Crippen molar-refractivity contribution in [3.63, 3.8) is 0 Å². The third kappa shape index (κ3) is 7.62. The van der Waals surface area contributed by atoms with E-state index in [9.17, 15) is 0 Å². The van der Waals surface area contributed by atoms with E-state index < -0.39 is 9.52 Å². The summed E-state index contributed by atoms with van der Waals surface area (Å²) in [5.41, 5.74) is 8.07. The molecule has 6 aromatic carbocycles. The van der Waals surface area contributed by atoms with Crippen LogP contribution in [-0.4, -0.2) is 25.8 Å². The molecule has 0 N–H and O–H groups in total. The quantitative estimate of drug-likeness (QED) is 0.164. The third-order valence-corrected chi connectivity index (χ3v) is 11.4. The van der Waals surface area contributed by atoms with Gasteiger partial charge in [0.05, 0.1) is 21.0 Å². The molecule has 230 valence electrons. The van der Waals surface area contributed by atoms with Crippen LogP contribution in [0.3, 0.4) is 0 Å². The normalized spacial score (nSPS) is 11.2. The molecule has 1 heterocycles. The molecule has 0 saturated heterocycles. The summed E-state index contributed by atoms with van der Waals surface area (Å²) in [6.07, 6.45) is 8.30. The third-order valence-electron chi connectivity index (χ3n) is 8.87. The van der Waals surface area contributed by atoms with E-state index in [-0.39, 0.29) is 5.16 Å². The van der Waals surface area contributed by atoms with Crippen LogP contribution >= 0.6 is 0 Å². The molecule has 7 aromatic rings. The average molecular weight is 625 g/mol. The summed E-state index contributed by atoms with van der Waals surface area (Å²) >= 11 is 0. The fourth-order valence-corrected chi connectivity index (χ4v) is 8.91. The predicted molar refractivity (Wildman–Crippen MR) is 204 cm³/mol. The molecule has 0 unspecified atom stereocenters. The van der Waals surface area contributed by atoms with E-state index in [1.54, 1.807) is 0 Å². The summed E-state index contributed by atoms with van der Waals surface area (Å²) in [5, 5.41) is 1.26. The molecule has 1 aromatic heterocycles. The zero-order chi connectivity index (χ0) is 32.2. The van der Waals surface area contributed by atoms with E-state index in [0.717, 1.165) is 6.42 Å². The molecule has 7 rings (SSSR count). The van der Waals surface area contributed by atoms with Gasteiger partial charge in [0.15, 0.2) is 0 Å². The number of aryl methyl sites for hydroxylation is 1. The van der Waals surface area contributed by atoms with E-state index >= 15 is 0 Å². The van der Waals surface area contributed by atoms with Gasteiger partial charge in [-0.25, -0.2) is 4.98 Å². The van der Waals surface area contributed by atoms with Crippen LogP contribution in [0.4, 0.5) is 0 Å². The minimum Gasteiger partial charge on any atom is -0.326 e. The van der Waals surface area contributed by atoms with Gasteiger partial charge in [0.25, 0.3) is 0 Å². The highest BCUT2D eigenvalue weighted by Crippen LogP contribution is 2.33. The molecule has 0 aliphatic heterocycles. The standard InChI is InChI=1S/C25H26N2Si.C18H15B/c1-2-9-21-14-16-24(17-15-21)28-25(27-19-18-26-20-27,22-10-5-3-6-11-22)23-12-7-4-8-13-23;1-4-10-16(11-5-1)19(17-12-6-2-7-13-17)18-14-8-3-9-15-18/h3-8,10-20H,2,9,28H2,1H3;1-15H. The van der Waals surface area contributed by atoms with Gasteiger partial charge in [-0.3, -0.25) is 0 Å². The Morgan fingerprint density at radius 3 is 1.36 bits per heavy atom. The fourth-order valence-electron chi connectivity index (χ4n) is 6.59. The number of aromatic nitrogens is 2. The molecule has 0 spiro atoms. The predicted octanol–water partition coefficient (Wildman–Crippen LogP) is 6.28. The maximum atomic E-state index is 4.40. The van der Waals surface area contributed by atoms with Gasteiger partial charge in [0.1, 0.15) is 0 Å². The zero-order valence-electron chi connectivity index (χ0n) is 27.1. The maximum Gasteiger partial charge on any atom is 0.241 e. The van der Waals surface area contributed by atoms with Crippen LogP contribution < -0.4 is 21.6 Å². The summed E-state index contributed by atoms with van der Waals surface area (Å²) in [7, 11) is -0.777. The first kappa shape index (κ1) is 31.8. The SMILES string of the molecule is CCCc1ccc([SiH2]C(c2ccccc2)(c2ccccc2)n2ccnc2)cc1.c1ccc(B(c2ccccc2)c2ccccc2)cc1. The zero-order valence-corrected chi connectivity index (χ0v) is 28.5. The molecule has 0 amide bonds. The number of rotatable bonds is 10. The van der Waals surface area contributed by atoms with Crippen molar-refractivity contribution in [2.45, 2.75) is 24.9 Å². The van der Waals surface area contributed by atoms with Gasteiger partial charge in [0.2, 0.25) is 6.71 Å². The van der Waals surface area contributed by atoms with Crippen LogP contribution in [0.5, 0.6) is 0 Å². The van der Waals surface area contributed by atoms with Crippen molar-refractivity contribution in [3.8, 4) is 0 Å². The van der Waals surface area contributed by atoms with Gasteiger partial charge >= 0.3 is 0 Å². The molecule has 0 fully saturated rings. The first-order valence-electron chi connectivity index (χ1n) is 16.6. The Morgan fingerprint density at radius 2 is 0.979 bits per heavy atom. The van der Waals surface area contributed by atoms with Crippen LogP contribution in [0.2, 0.25) is 0 Å². The number of benzene rings is 6. The minimum atomic E-state index is -0.777. The van der Waals surface area contributed by atoms with Gasteiger partial charge in [-0.05, 0) is 23.1 Å². The van der Waals surface area contributed by atoms with Crippen LogP contribution in [0.1, 0.15) is 30.0 Å². The van der Waals surface area contributed by atoms with Gasteiger partial charge in [-0.1, -0.05) is 211 Å². The smallest absolute Gasteiger partial charge is 0.241 e. The van der Waals surface area contributed by atoms with Crippen molar-refractivity contribution < 1.29 is 0 Å². The lowest BCUT2D eigenvalue weighted by molar-refractivity contribution is 0.596. The first-order valence-corrected chi connectivity index (χ1v) is 18.0. The van der Waals surface area contributed by atoms with E-state index in [1.807, 2.05) is 12.5 Å². The molecule has 0 radical (unpaired) electrons. The summed E-state index contributed by atoms with van der Waals surface area (Å²) in [5.74, 6) is 0. The Balaban J connectivity index is 0.000000177. The Morgan fingerprint density at radius 1 is 0.553 bits per heavy atom. The van der Waals surface area contributed by atoms with Crippen molar-refractivity contribution >= 4 is 37.8 Å². The Labute approximate surface area is 282 Å². The Kier molecular flexibility index (Phi) is 10.7. The minimum absolute atomic E-state index is 0.203. The molecular formula is C43H41BN2Si. The monoisotopic (exact) mass is 624 g/mol. The molecular weight excluding hydrogens is 583 g/mol. The number of hydrogen-bond acceptors (Lipinski definition) is 1. The summed E-state index contributed by atoms with van der Waals surface area (Å²) in [4.78, 5) is 4.40. The van der Waals surface area contributed by atoms with Crippen molar-refractivity contribution in [1.29, 1.82) is 0 Å². The van der Waals surface area contributed by atoms with Crippen LogP contribution in [0, 0.1) is 0 Å². The summed E-state index contributed by atoms with van der Waals surface area (Å²) in [6.45, 7) is 2.54. The van der Waals surface area contributed by atoms with E-state index in [1.165, 1.54) is 44.7 Å². The summed E-state index contributed by atoms with van der Waals surface area (Å²) in [6, 6.07) is 63.1. The fraction of sp³-hybridized carbons (Fsp3) is 0.0930. The van der Waals surface area contributed by atoms with Crippen LogP contribution in [0.15, 0.2) is 195 Å². The maximum absolute atomic E-state index is 4.40. The largest absolute Gasteiger partial charge is 0.326 e. The molecule has 2 nitrogen and oxygen atoms in total.